The van der Waals surface area contributed by atoms with Crippen LogP contribution in [0.4, 0.5) is 0 Å². The first kappa shape index (κ1) is 16.7. The van der Waals surface area contributed by atoms with Crippen molar-refractivity contribution >= 4 is 17.7 Å². The van der Waals surface area contributed by atoms with Gasteiger partial charge in [0, 0.05) is 6.04 Å². The first-order valence-corrected chi connectivity index (χ1v) is 9.64. The number of hydrogen-bond acceptors (Lipinski definition) is 5. The Bertz CT molecular complexity index is 549. The van der Waals surface area contributed by atoms with Crippen LogP contribution in [0.3, 0.4) is 0 Å². The fourth-order valence-corrected chi connectivity index (χ4v) is 4.30. The van der Waals surface area contributed by atoms with Gasteiger partial charge in [-0.25, -0.2) is 4.68 Å². The molecule has 23 heavy (non-hydrogen) atoms. The van der Waals surface area contributed by atoms with E-state index < -0.39 is 0 Å². The number of tetrazole rings is 1. The topological polar surface area (TPSA) is 72.7 Å². The van der Waals surface area contributed by atoms with Gasteiger partial charge in [-0.2, -0.15) is 0 Å². The Morgan fingerprint density at radius 2 is 2.00 bits per heavy atom. The lowest BCUT2D eigenvalue weighted by Crippen LogP contribution is -2.47. The van der Waals surface area contributed by atoms with Gasteiger partial charge in [0.15, 0.2) is 0 Å². The molecule has 2 fully saturated rings. The first-order valence-electron chi connectivity index (χ1n) is 8.65. The molecular weight excluding hydrogens is 310 g/mol. The van der Waals surface area contributed by atoms with E-state index in [4.69, 9.17) is 0 Å². The van der Waals surface area contributed by atoms with Gasteiger partial charge in [0.25, 0.3) is 0 Å². The van der Waals surface area contributed by atoms with Gasteiger partial charge in [-0.1, -0.05) is 45.4 Å². The van der Waals surface area contributed by atoms with Crippen molar-refractivity contribution < 1.29 is 4.79 Å². The lowest BCUT2D eigenvalue weighted by molar-refractivity contribution is -0.120. The monoisotopic (exact) mass is 337 g/mol. The Morgan fingerprint density at radius 3 is 2.70 bits per heavy atom. The van der Waals surface area contributed by atoms with Crippen molar-refractivity contribution in [2.45, 2.75) is 76.5 Å². The van der Waals surface area contributed by atoms with Gasteiger partial charge in [-0.15, -0.1) is 5.10 Å². The molecule has 0 aliphatic heterocycles. The fourth-order valence-electron chi connectivity index (χ4n) is 3.55. The molecule has 2 aliphatic carbocycles. The van der Waals surface area contributed by atoms with Gasteiger partial charge in [0.05, 0.1) is 11.8 Å². The fraction of sp³-hybridized carbons (Fsp3) is 0.875. The highest BCUT2D eigenvalue weighted by atomic mass is 32.2. The van der Waals surface area contributed by atoms with E-state index in [9.17, 15) is 4.79 Å². The third-order valence-electron chi connectivity index (χ3n) is 4.91. The van der Waals surface area contributed by atoms with E-state index >= 15 is 0 Å². The summed E-state index contributed by atoms with van der Waals surface area (Å²) in [6.45, 7) is 6.84. The average molecular weight is 337 g/mol. The van der Waals surface area contributed by atoms with Crippen LogP contribution in [0.25, 0.3) is 0 Å². The van der Waals surface area contributed by atoms with E-state index in [0.29, 0.717) is 23.8 Å². The maximum absolute atomic E-state index is 12.4. The number of amides is 1. The van der Waals surface area contributed by atoms with E-state index in [1.165, 1.54) is 31.0 Å². The zero-order valence-electron chi connectivity index (χ0n) is 14.3. The number of hydrogen-bond donors (Lipinski definition) is 1. The Balaban J connectivity index is 1.53. The van der Waals surface area contributed by atoms with Gasteiger partial charge < -0.3 is 5.32 Å². The third-order valence-corrected chi connectivity index (χ3v) is 5.85. The minimum absolute atomic E-state index is 0.0986. The normalized spacial score (nSPS) is 25.3. The number of carbonyl (C=O) groups excluding carboxylic acids is 1. The molecule has 0 aromatic carbocycles. The maximum atomic E-state index is 12.4. The van der Waals surface area contributed by atoms with Gasteiger partial charge in [-0.3, -0.25) is 4.79 Å². The van der Waals surface area contributed by atoms with Crippen LogP contribution >= 0.6 is 11.8 Å². The molecule has 2 atom stereocenters. The van der Waals surface area contributed by atoms with Crippen LogP contribution in [0.1, 0.15) is 65.3 Å². The average Bonchev–Trinajstić information content (AvgIpc) is 3.23. The summed E-state index contributed by atoms with van der Waals surface area (Å²) in [7, 11) is 0. The number of nitrogens with one attached hydrogen (secondary N) is 1. The maximum Gasteiger partial charge on any atom is 0.230 e. The minimum atomic E-state index is 0.0986. The molecule has 0 spiro atoms. The molecule has 1 aromatic heterocycles. The second-order valence-electron chi connectivity index (χ2n) is 7.86. The number of carbonyl (C=O) groups is 1. The number of aromatic nitrogens is 4. The van der Waals surface area contributed by atoms with Crippen molar-refractivity contribution in [3.8, 4) is 0 Å². The summed E-state index contributed by atoms with van der Waals surface area (Å²) >= 11 is 1.44. The second-order valence-corrected chi connectivity index (χ2v) is 8.80. The SMILES string of the molecule is CC(C)(C)C1CCCCC1NC(=O)CSc1nnnn1C1CC1. The van der Waals surface area contributed by atoms with Crippen molar-refractivity contribution in [1.29, 1.82) is 0 Å². The lowest BCUT2D eigenvalue weighted by atomic mass is 9.69. The number of nitrogens with zero attached hydrogens (tertiary/aromatic N) is 4. The Hall–Kier alpha value is -1.11. The predicted molar refractivity (Wildman–Crippen MR) is 90.2 cm³/mol. The summed E-state index contributed by atoms with van der Waals surface area (Å²) in [5.41, 5.74) is 0.238. The van der Waals surface area contributed by atoms with Crippen LogP contribution in [0.15, 0.2) is 5.16 Å². The predicted octanol–water partition coefficient (Wildman–Crippen LogP) is 2.82. The molecule has 1 aromatic rings. The van der Waals surface area contributed by atoms with Crippen molar-refractivity contribution in [1.82, 2.24) is 25.5 Å². The Morgan fingerprint density at radius 1 is 1.26 bits per heavy atom. The molecule has 7 heteroatoms. The van der Waals surface area contributed by atoms with E-state index in [-0.39, 0.29) is 11.3 Å². The largest absolute Gasteiger partial charge is 0.352 e. The quantitative estimate of drug-likeness (QED) is 0.837. The molecule has 1 heterocycles. The summed E-state index contributed by atoms with van der Waals surface area (Å²) in [6, 6.07) is 0.746. The van der Waals surface area contributed by atoms with Crippen LogP contribution in [0, 0.1) is 11.3 Å². The standard InChI is InChI=1S/C16H27N5OS/c1-16(2,3)12-6-4-5-7-13(12)17-14(22)10-23-15-18-19-20-21(15)11-8-9-11/h11-13H,4-10H2,1-3H3,(H,17,22). The number of thioether (sulfide) groups is 1. The van der Waals surface area contributed by atoms with E-state index in [1.807, 2.05) is 4.68 Å². The van der Waals surface area contributed by atoms with Crippen LogP contribution in [0.2, 0.25) is 0 Å². The summed E-state index contributed by atoms with van der Waals surface area (Å²) in [5, 5.41) is 15.8. The van der Waals surface area contributed by atoms with Gasteiger partial charge in [0.2, 0.25) is 11.1 Å². The molecule has 128 valence electrons. The Kier molecular flexibility index (Phi) is 4.94. The third kappa shape index (κ3) is 4.25. The van der Waals surface area contributed by atoms with Crippen molar-refractivity contribution in [3.63, 3.8) is 0 Å². The molecule has 0 radical (unpaired) electrons. The molecule has 3 rings (SSSR count). The van der Waals surface area contributed by atoms with Crippen LogP contribution in [-0.4, -0.2) is 37.9 Å². The summed E-state index contributed by atoms with van der Waals surface area (Å²) in [5.74, 6) is 1.05. The summed E-state index contributed by atoms with van der Waals surface area (Å²) in [4.78, 5) is 12.4. The summed E-state index contributed by atoms with van der Waals surface area (Å²) < 4.78 is 1.86. The second kappa shape index (κ2) is 6.79. The van der Waals surface area contributed by atoms with E-state index in [0.717, 1.165) is 24.4 Å². The van der Waals surface area contributed by atoms with Gasteiger partial charge >= 0.3 is 0 Å². The lowest BCUT2D eigenvalue weighted by Gasteiger charge is -2.40. The number of rotatable bonds is 5. The van der Waals surface area contributed by atoms with Gasteiger partial charge in [-0.05, 0) is 47.4 Å². The van der Waals surface area contributed by atoms with Crippen LogP contribution in [0.5, 0.6) is 0 Å². The van der Waals surface area contributed by atoms with E-state index in [2.05, 4.69) is 41.6 Å². The highest BCUT2D eigenvalue weighted by Gasteiger charge is 2.35. The Labute approximate surface area is 142 Å². The van der Waals surface area contributed by atoms with Crippen molar-refractivity contribution in [3.05, 3.63) is 0 Å². The van der Waals surface area contributed by atoms with Crippen molar-refractivity contribution in [2.75, 3.05) is 5.75 Å². The molecule has 1 amide bonds. The van der Waals surface area contributed by atoms with Crippen LogP contribution in [-0.2, 0) is 4.79 Å². The first-order chi connectivity index (χ1) is 10.9. The summed E-state index contributed by atoms with van der Waals surface area (Å²) in [6.07, 6.45) is 7.07. The highest BCUT2D eigenvalue weighted by molar-refractivity contribution is 7.99. The highest BCUT2D eigenvalue weighted by Crippen LogP contribution is 2.38. The van der Waals surface area contributed by atoms with Crippen LogP contribution < -0.4 is 5.32 Å². The molecule has 1 N–H and O–H groups in total. The molecular formula is C16H27N5OS. The zero-order chi connectivity index (χ0) is 16.4. The van der Waals surface area contributed by atoms with Gasteiger partial charge in [0.1, 0.15) is 0 Å². The molecule has 2 saturated carbocycles. The van der Waals surface area contributed by atoms with Crippen molar-refractivity contribution in [2.24, 2.45) is 11.3 Å². The smallest absolute Gasteiger partial charge is 0.230 e. The molecule has 2 aliphatic rings. The minimum Gasteiger partial charge on any atom is -0.352 e. The molecule has 0 bridgehead atoms. The van der Waals surface area contributed by atoms with E-state index in [1.54, 1.807) is 0 Å². The zero-order valence-corrected chi connectivity index (χ0v) is 15.1. The molecule has 0 saturated heterocycles. The molecule has 2 unspecified atom stereocenters. The molecule has 6 nitrogen and oxygen atoms in total.